The summed E-state index contributed by atoms with van der Waals surface area (Å²) in [5.41, 5.74) is 1.31. The summed E-state index contributed by atoms with van der Waals surface area (Å²) in [5, 5.41) is 1.76. The number of hydrogen-bond acceptors (Lipinski definition) is 10. The second kappa shape index (κ2) is 12.9. The average molecular weight is 480 g/mol. The Morgan fingerprint density at radius 1 is 0.906 bits per heavy atom. The Morgan fingerprint density at radius 3 is 1.81 bits per heavy atom. The third-order valence-electron chi connectivity index (χ3n) is 4.08. The maximum Gasteiger partial charge on any atom is 0.428 e. The quantitative estimate of drug-likeness (QED) is 0.146. The van der Waals surface area contributed by atoms with Gasteiger partial charge in [-0.15, -0.1) is 0 Å². The number of ether oxygens (including phenoxy) is 3. The van der Waals surface area contributed by atoms with Crippen molar-refractivity contribution in [2.24, 2.45) is 11.0 Å². The fourth-order valence-corrected chi connectivity index (χ4v) is 5.03. The van der Waals surface area contributed by atoms with Crippen LogP contribution >= 0.6 is 7.60 Å². The molecule has 0 bridgehead atoms. The van der Waals surface area contributed by atoms with Gasteiger partial charge < -0.3 is 23.3 Å². The maximum absolute atomic E-state index is 13.8. The first kappa shape index (κ1) is 30.0. The highest BCUT2D eigenvalue weighted by Gasteiger charge is 2.63. The molecule has 0 spiro atoms. The molecule has 1 N–H and O–H groups in total. The van der Waals surface area contributed by atoms with Gasteiger partial charge in [0.25, 0.3) is 0 Å². The van der Waals surface area contributed by atoms with E-state index >= 15 is 0 Å². The molecule has 11 nitrogen and oxygen atoms in total. The van der Waals surface area contributed by atoms with Crippen LogP contribution in [0, 0.1) is 5.92 Å². The third kappa shape index (κ3) is 7.86. The third-order valence-corrected chi connectivity index (χ3v) is 6.86. The van der Waals surface area contributed by atoms with Crippen LogP contribution in [-0.4, -0.2) is 60.9 Å². The average Bonchev–Trinajstić information content (AvgIpc) is 2.65. The number of carbonyl (C=O) groups excluding carboxylic acids is 3. The van der Waals surface area contributed by atoms with Gasteiger partial charge >= 0.3 is 25.6 Å². The van der Waals surface area contributed by atoms with E-state index in [1.54, 1.807) is 48.5 Å². The zero-order valence-electron chi connectivity index (χ0n) is 20.5. The summed E-state index contributed by atoms with van der Waals surface area (Å²) < 4.78 is 40.0. The van der Waals surface area contributed by atoms with Crippen LogP contribution in [0.3, 0.4) is 0 Å². The van der Waals surface area contributed by atoms with Crippen molar-refractivity contribution in [3.63, 3.8) is 0 Å². The summed E-state index contributed by atoms with van der Waals surface area (Å²) in [6.07, 6.45) is -0.880. The highest BCUT2D eigenvalue weighted by atomic mass is 31.2. The molecule has 32 heavy (non-hydrogen) atoms. The predicted molar refractivity (Wildman–Crippen MR) is 118 cm³/mol. The van der Waals surface area contributed by atoms with Crippen molar-refractivity contribution in [1.82, 2.24) is 5.43 Å². The SMILES string of the molecule is CCOC(=O)C(/C(C)=N/NC(=O)OC(C)(C)C)C(C)(C(=O)OCC)P(=O)(OCC)OCC. The largest absolute Gasteiger partial charge is 0.465 e. The van der Waals surface area contributed by atoms with E-state index in [1.165, 1.54) is 13.8 Å². The Labute approximate surface area is 190 Å². The lowest BCUT2D eigenvalue weighted by Gasteiger charge is -2.38. The van der Waals surface area contributed by atoms with Crippen molar-refractivity contribution in [1.29, 1.82) is 0 Å². The number of nitrogens with zero attached hydrogens (tertiary/aromatic N) is 1. The zero-order chi connectivity index (χ0) is 25.2. The summed E-state index contributed by atoms with van der Waals surface area (Å²) in [5.74, 6) is -3.45. The minimum absolute atomic E-state index is 0.0193. The smallest absolute Gasteiger partial charge is 0.428 e. The van der Waals surface area contributed by atoms with Crippen LogP contribution in [0.15, 0.2) is 5.10 Å². The molecule has 0 saturated heterocycles. The fraction of sp³-hybridized carbons (Fsp3) is 0.800. The molecule has 0 radical (unpaired) electrons. The van der Waals surface area contributed by atoms with Crippen LogP contribution in [0.2, 0.25) is 0 Å². The molecule has 0 aromatic carbocycles. The number of carbonyl (C=O) groups is 3. The standard InChI is InChI=1S/C20H37N2O9P/c1-10-27-16(23)15(14(5)21-22-18(25)31-19(6,7)8)20(9,17(24)28-11-2)32(26,29-12-3)30-13-4/h15H,10-13H2,1-9H3,(H,22,25)/b21-14+. The van der Waals surface area contributed by atoms with Gasteiger partial charge in [0.2, 0.25) is 0 Å². The summed E-state index contributed by atoms with van der Waals surface area (Å²) >= 11 is 0. The van der Waals surface area contributed by atoms with Gasteiger partial charge in [0, 0.05) is 0 Å². The van der Waals surface area contributed by atoms with E-state index in [-0.39, 0.29) is 32.1 Å². The second-order valence-corrected chi connectivity index (χ2v) is 10.2. The molecule has 2 atom stereocenters. The van der Waals surface area contributed by atoms with E-state index in [4.69, 9.17) is 23.3 Å². The zero-order valence-corrected chi connectivity index (χ0v) is 21.4. The van der Waals surface area contributed by atoms with E-state index in [2.05, 4.69) is 10.5 Å². The van der Waals surface area contributed by atoms with Gasteiger partial charge in [-0.1, -0.05) is 0 Å². The van der Waals surface area contributed by atoms with Gasteiger partial charge in [-0.2, -0.15) is 5.10 Å². The van der Waals surface area contributed by atoms with Crippen molar-refractivity contribution in [2.75, 3.05) is 26.4 Å². The second-order valence-electron chi connectivity index (χ2n) is 7.75. The number of amides is 1. The molecule has 12 heteroatoms. The van der Waals surface area contributed by atoms with Crippen molar-refractivity contribution in [2.45, 2.75) is 73.1 Å². The molecule has 2 unspecified atom stereocenters. The molecule has 0 saturated carbocycles. The van der Waals surface area contributed by atoms with Crippen molar-refractivity contribution in [3.05, 3.63) is 0 Å². The Kier molecular flexibility index (Phi) is 12.1. The van der Waals surface area contributed by atoms with E-state index in [9.17, 15) is 18.9 Å². The van der Waals surface area contributed by atoms with E-state index in [0.717, 1.165) is 0 Å². The van der Waals surface area contributed by atoms with Crippen molar-refractivity contribution < 1.29 is 42.2 Å². The molecule has 0 fully saturated rings. The van der Waals surface area contributed by atoms with Gasteiger partial charge in [-0.25, -0.2) is 10.2 Å². The van der Waals surface area contributed by atoms with Gasteiger partial charge in [0.15, 0.2) is 5.16 Å². The minimum atomic E-state index is -4.30. The summed E-state index contributed by atoms with van der Waals surface area (Å²) in [7, 11) is -4.30. The highest BCUT2D eigenvalue weighted by Crippen LogP contribution is 2.63. The lowest BCUT2D eigenvalue weighted by molar-refractivity contribution is -0.156. The highest BCUT2D eigenvalue weighted by molar-refractivity contribution is 7.57. The summed E-state index contributed by atoms with van der Waals surface area (Å²) in [6.45, 7) is 13.7. The molecule has 0 aromatic heterocycles. The van der Waals surface area contributed by atoms with Gasteiger partial charge in [0.05, 0.1) is 32.1 Å². The van der Waals surface area contributed by atoms with Crippen molar-refractivity contribution >= 4 is 31.3 Å². The van der Waals surface area contributed by atoms with Crippen LogP contribution in [0.5, 0.6) is 0 Å². The molecular weight excluding hydrogens is 443 g/mol. The number of rotatable bonds is 12. The Hall–Kier alpha value is -1.97. The lowest BCUT2D eigenvalue weighted by Crippen LogP contribution is -2.52. The fourth-order valence-electron chi connectivity index (χ4n) is 2.84. The Morgan fingerprint density at radius 2 is 1.41 bits per heavy atom. The molecule has 0 aromatic rings. The normalized spacial score (nSPS) is 15.3. The molecule has 186 valence electrons. The van der Waals surface area contributed by atoms with E-state index < -0.39 is 42.3 Å². The number of nitrogens with one attached hydrogen (secondary N) is 1. The number of esters is 2. The predicted octanol–water partition coefficient (Wildman–Crippen LogP) is 3.65. The van der Waals surface area contributed by atoms with Crippen LogP contribution in [-0.2, 0) is 37.4 Å². The summed E-state index contributed by atoms with van der Waals surface area (Å²) in [4.78, 5) is 38.1. The number of hydrogen-bond donors (Lipinski definition) is 1. The van der Waals surface area contributed by atoms with Gasteiger partial charge in [-0.3, -0.25) is 14.2 Å². The van der Waals surface area contributed by atoms with Gasteiger partial charge in [-0.05, 0) is 62.3 Å². The van der Waals surface area contributed by atoms with E-state index in [0.29, 0.717) is 0 Å². The summed E-state index contributed by atoms with van der Waals surface area (Å²) in [6, 6.07) is 0. The first-order valence-electron chi connectivity index (χ1n) is 10.5. The molecular formula is C20H37N2O9P. The van der Waals surface area contributed by atoms with Crippen molar-refractivity contribution in [3.8, 4) is 0 Å². The Balaban J connectivity index is 6.61. The minimum Gasteiger partial charge on any atom is -0.465 e. The van der Waals surface area contributed by atoms with E-state index in [1.807, 2.05) is 0 Å². The topological polar surface area (TPSA) is 139 Å². The molecule has 1 amide bonds. The molecule has 0 aliphatic rings. The first-order chi connectivity index (χ1) is 14.7. The first-order valence-corrected chi connectivity index (χ1v) is 12.0. The Bertz CT molecular complexity index is 723. The van der Waals surface area contributed by atoms with Crippen LogP contribution in [0.4, 0.5) is 4.79 Å². The number of hydrazone groups is 1. The maximum atomic E-state index is 13.8. The van der Waals surface area contributed by atoms with Crippen LogP contribution in [0.1, 0.15) is 62.3 Å². The molecule has 0 aliphatic heterocycles. The molecule has 0 heterocycles. The lowest BCUT2D eigenvalue weighted by atomic mass is 9.89. The van der Waals surface area contributed by atoms with Gasteiger partial charge in [0.1, 0.15) is 11.5 Å². The van der Waals surface area contributed by atoms with Crippen LogP contribution < -0.4 is 5.43 Å². The van der Waals surface area contributed by atoms with Crippen LogP contribution in [0.25, 0.3) is 0 Å². The monoisotopic (exact) mass is 480 g/mol. The molecule has 0 aliphatic carbocycles. The molecule has 0 rings (SSSR count).